The normalized spacial score (nSPS) is 12.4. The second kappa shape index (κ2) is 6.37. The zero-order valence-electron chi connectivity index (χ0n) is 11.4. The molecular formula is C16H16N2OS2. The van der Waals surface area contributed by atoms with Crippen LogP contribution in [0.3, 0.4) is 0 Å². The maximum absolute atomic E-state index is 12.1. The fourth-order valence-electron chi connectivity index (χ4n) is 2.39. The van der Waals surface area contributed by atoms with Crippen LogP contribution < -0.4 is 5.32 Å². The first-order valence-electron chi connectivity index (χ1n) is 6.78. The minimum absolute atomic E-state index is 0.0159. The molecule has 5 heteroatoms. The Balaban J connectivity index is 1.74. The van der Waals surface area contributed by atoms with Crippen LogP contribution in [0.2, 0.25) is 0 Å². The summed E-state index contributed by atoms with van der Waals surface area (Å²) in [5.74, 6) is 0.584. The van der Waals surface area contributed by atoms with Crippen LogP contribution in [0.25, 0.3) is 10.9 Å². The molecule has 0 saturated heterocycles. The van der Waals surface area contributed by atoms with Gasteiger partial charge in [-0.25, -0.2) is 0 Å². The largest absolute Gasteiger partial charge is 0.361 e. The number of amides is 1. The van der Waals surface area contributed by atoms with Gasteiger partial charge in [-0.05, 0) is 29.5 Å². The van der Waals surface area contributed by atoms with Crippen molar-refractivity contribution in [3.8, 4) is 0 Å². The molecule has 0 aliphatic heterocycles. The molecule has 2 aromatic heterocycles. The summed E-state index contributed by atoms with van der Waals surface area (Å²) in [6, 6.07) is 11.9. The van der Waals surface area contributed by atoms with Crippen LogP contribution in [0.1, 0.15) is 15.2 Å². The molecular weight excluding hydrogens is 300 g/mol. The van der Waals surface area contributed by atoms with E-state index in [-0.39, 0.29) is 11.9 Å². The van der Waals surface area contributed by atoms with Crippen molar-refractivity contribution in [3.63, 3.8) is 0 Å². The van der Waals surface area contributed by atoms with Crippen molar-refractivity contribution in [1.29, 1.82) is 0 Å². The van der Waals surface area contributed by atoms with Gasteiger partial charge in [-0.3, -0.25) is 4.79 Å². The summed E-state index contributed by atoms with van der Waals surface area (Å²) in [6.07, 6.45) is 2.78. The van der Waals surface area contributed by atoms with Crippen LogP contribution in [-0.4, -0.2) is 22.7 Å². The summed E-state index contributed by atoms with van der Waals surface area (Å²) < 4.78 is 0. The minimum atomic E-state index is -0.0242. The molecule has 2 heterocycles. The van der Waals surface area contributed by atoms with Gasteiger partial charge in [-0.2, -0.15) is 12.6 Å². The Hall–Kier alpha value is -1.72. The number of nitrogens with one attached hydrogen (secondary N) is 2. The minimum Gasteiger partial charge on any atom is -0.361 e. The third kappa shape index (κ3) is 3.14. The van der Waals surface area contributed by atoms with Gasteiger partial charge in [0.15, 0.2) is 0 Å². The summed E-state index contributed by atoms with van der Waals surface area (Å²) in [5.41, 5.74) is 2.33. The number of fused-ring (bicyclic) bond motifs is 1. The third-order valence-electron chi connectivity index (χ3n) is 3.44. The molecule has 0 spiro atoms. The molecule has 1 atom stereocenters. The number of hydrogen-bond acceptors (Lipinski definition) is 3. The highest BCUT2D eigenvalue weighted by Gasteiger charge is 2.15. The number of carbonyl (C=O) groups is 1. The average molecular weight is 316 g/mol. The molecule has 21 heavy (non-hydrogen) atoms. The Morgan fingerprint density at radius 3 is 2.90 bits per heavy atom. The first-order valence-corrected chi connectivity index (χ1v) is 8.29. The van der Waals surface area contributed by atoms with E-state index in [2.05, 4.69) is 35.1 Å². The van der Waals surface area contributed by atoms with E-state index in [1.165, 1.54) is 22.3 Å². The molecule has 0 unspecified atom stereocenters. The molecule has 1 amide bonds. The Bertz CT molecular complexity index is 734. The van der Waals surface area contributed by atoms with Gasteiger partial charge < -0.3 is 10.3 Å². The molecule has 0 aliphatic carbocycles. The fraction of sp³-hybridized carbons (Fsp3) is 0.188. The summed E-state index contributed by atoms with van der Waals surface area (Å²) in [7, 11) is 0. The van der Waals surface area contributed by atoms with E-state index < -0.39 is 0 Å². The van der Waals surface area contributed by atoms with Gasteiger partial charge in [-0.1, -0.05) is 24.3 Å². The monoisotopic (exact) mass is 316 g/mol. The predicted octanol–water partition coefficient (Wildman–Crippen LogP) is 3.50. The number of H-pyrrole nitrogens is 1. The van der Waals surface area contributed by atoms with Crippen LogP contribution in [0.5, 0.6) is 0 Å². The van der Waals surface area contributed by atoms with Gasteiger partial charge >= 0.3 is 0 Å². The lowest BCUT2D eigenvalue weighted by molar-refractivity contribution is 0.0945. The van der Waals surface area contributed by atoms with Gasteiger partial charge in [0.25, 0.3) is 5.91 Å². The summed E-state index contributed by atoms with van der Waals surface area (Å²) in [5, 5.41) is 6.16. The molecule has 3 aromatic rings. The highest BCUT2D eigenvalue weighted by molar-refractivity contribution is 7.80. The lowest BCUT2D eigenvalue weighted by atomic mass is 10.1. The van der Waals surface area contributed by atoms with Crippen molar-refractivity contribution in [2.45, 2.75) is 12.5 Å². The maximum atomic E-state index is 12.1. The standard InChI is InChI=1S/C16H16N2OS2/c19-16(15-6-3-7-21-15)18-12(10-20)8-11-9-17-14-5-2-1-4-13(11)14/h1-7,9,12,17,20H,8,10H2,(H,18,19)/t12-/m1/s1. The van der Waals surface area contributed by atoms with Gasteiger partial charge in [0.05, 0.1) is 4.88 Å². The molecule has 3 rings (SSSR count). The van der Waals surface area contributed by atoms with E-state index in [0.29, 0.717) is 5.75 Å². The lowest BCUT2D eigenvalue weighted by Crippen LogP contribution is -2.37. The van der Waals surface area contributed by atoms with Crippen molar-refractivity contribution in [3.05, 3.63) is 58.4 Å². The second-order valence-electron chi connectivity index (χ2n) is 4.89. The molecule has 3 nitrogen and oxygen atoms in total. The van der Waals surface area contributed by atoms with E-state index in [9.17, 15) is 4.79 Å². The van der Waals surface area contributed by atoms with Crippen LogP contribution in [0, 0.1) is 0 Å². The lowest BCUT2D eigenvalue weighted by Gasteiger charge is -2.15. The van der Waals surface area contributed by atoms with Crippen LogP contribution in [0.4, 0.5) is 0 Å². The average Bonchev–Trinajstić information content (AvgIpc) is 3.16. The fourth-order valence-corrected chi connectivity index (χ4v) is 3.24. The summed E-state index contributed by atoms with van der Waals surface area (Å²) in [6.45, 7) is 0. The summed E-state index contributed by atoms with van der Waals surface area (Å²) >= 11 is 5.82. The molecule has 108 valence electrons. The van der Waals surface area contributed by atoms with Gasteiger partial charge in [0.2, 0.25) is 0 Å². The Kier molecular flexibility index (Phi) is 4.31. The summed E-state index contributed by atoms with van der Waals surface area (Å²) in [4.78, 5) is 16.1. The number of benzene rings is 1. The number of para-hydroxylation sites is 1. The van der Waals surface area contributed by atoms with Crippen molar-refractivity contribution >= 4 is 40.8 Å². The molecule has 1 aromatic carbocycles. The van der Waals surface area contributed by atoms with E-state index in [4.69, 9.17) is 0 Å². The topological polar surface area (TPSA) is 44.9 Å². The third-order valence-corrected chi connectivity index (χ3v) is 4.75. The molecule has 0 fully saturated rings. The van der Waals surface area contributed by atoms with Crippen LogP contribution in [-0.2, 0) is 6.42 Å². The molecule has 2 N–H and O–H groups in total. The number of hydrogen-bond donors (Lipinski definition) is 3. The van der Waals surface area contributed by atoms with Crippen LogP contribution >= 0.6 is 24.0 Å². The number of rotatable bonds is 5. The zero-order valence-corrected chi connectivity index (χ0v) is 13.1. The van der Waals surface area contributed by atoms with E-state index in [1.807, 2.05) is 35.8 Å². The highest BCUT2D eigenvalue weighted by Crippen LogP contribution is 2.19. The Morgan fingerprint density at radius 1 is 1.29 bits per heavy atom. The first kappa shape index (κ1) is 14.2. The molecule has 0 radical (unpaired) electrons. The zero-order chi connectivity index (χ0) is 14.7. The first-order chi connectivity index (χ1) is 10.3. The van der Waals surface area contributed by atoms with Crippen molar-refractivity contribution in [1.82, 2.24) is 10.3 Å². The number of thiophene rings is 1. The van der Waals surface area contributed by atoms with Crippen molar-refractivity contribution in [2.75, 3.05) is 5.75 Å². The molecule has 0 saturated carbocycles. The highest BCUT2D eigenvalue weighted by atomic mass is 32.1. The Labute approximate surface area is 132 Å². The number of aromatic nitrogens is 1. The van der Waals surface area contributed by atoms with Gasteiger partial charge in [-0.15, -0.1) is 11.3 Å². The van der Waals surface area contributed by atoms with Gasteiger partial charge in [0.1, 0.15) is 0 Å². The van der Waals surface area contributed by atoms with Crippen LogP contribution in [0.15, 0.2) is 48.0 Å². The van der Waals surface area contributed by atoms with E-state index in [0.717, 1.165) is 16.8 Å². The number of aromatic amines is 1. The smallest absolute Gasteiger partial charge is 0.261 e. The Morgan fingerprint density at radius 2 is 2.14 bits per heavy atom. The molecule has 0 aliphatic rings. The second-order valence-corrected chi connectivity index (χ2v) is 6.21. The predicted molar refractivity (Wildman–Crippen MR) is 91.4 cm³/mol. The van der Waals surface area contributed by atoms with E-state index >= 15 is 0 Å². The molecule has 0 bridgehead atoms. The maximum Gasteiger partial charge on any atom is 0.261 e. The number of thiol groups is 1. The van der Waals surface area contributed by atoms with E-state index in [1.54, 1.807) is 0 Å². The number of carbonyl (C=O) groups excluding carboxylic acids is 1. The quantitative estimate of drug-likeness (QED) is 0.620. The van der Waals surface area contributed by atoms with Crippen molar-refractivity contribution < 1.29 is 4.79 Å². The SMILES string of the molecule is O=C(N[C@@H](CS)Cc1c[nH]c2ccccc12)c1cccs1. The van der Waals surface area contributed by atoms with Gasteiger partial charge in [0, 0.05) is 28.9 Å². The van der Waals surface area contributed by atoms with Crippen molar-refractivity contribution in [2.24, 2.45) is 0 Å².